The molecular formula is C19H19BrF2O. The van der Waals surface area contributed by atoms with E-state index in [9.17, 15) is 8.78 Å². The highest BCUT2D eigenvalue weighted by molar-refractivity contribution is 9.10. The first-order valence-electron chi connectivity index (χ1n) is 7.27. The molecule has 0 unspecified atom stereocenters. The first-order valence-corrected chi connectivity index (χ1v) is 8.07. The predicted octanol–water partition coefficient (Wildman–Crippen LogP) is 6.26. The van der Waals surface area contributed by atoms with E-state index in [1.54, 1.807) is 6.08 Å². The normalized spacial score (nSPS) is 11.4. The number of para-hydroxylation sites is 1. The Labute approximate surface area is 144 Å². The van der Waals surface area contributed by atoms with Crippen LogP contribution in [0.15, 0.2) is 47.5 Å². The molecule has 0 aliphatic carbocycles. The van der Waals surface area contributed by atoms with Gasteiger partial charge in [0.25, 0.3) is 0 Å². The second-order valence-corrected chi connectivity index (χ2v) is 7.13. The van der Waals surface area contributed by atoms with Crippen molar-refractivity contribution < 1.29 is 13.5 Å². The summed E-state index contributed by atoms with van der Waals surface area (Å²) in [5.41, 5.74) is 2.10. The van der Waals surface area contributed by atoms with Crippen LogP contribution < -0.4 is 4.74 Å². The van der Waals surface area contributed by atoms with Crippen LogP contribution in [-0.4, -0.2) is 6.61 Å². The van der Waals surface area contributed by atoms with E-state index in [1.807, 2.05) is 18.2 Å². The zero-order valence-corrected chi connectivity index (χ0v) is 15.0. The fourth-order valence-electron chi connectivity index (χ4n) is 2.37. The summed E-state index contributed by atoms with van der Waals surface area (Å²) in [7, 11) is 0. The molecule has 23 heavy (non-hydrogen) atoms. The van der Waals surface area contributed by atoms with Crippen molar-refractivity contribution in [2.24, 2.45) is 0 Å². The van der Waals surface area contributed by atoms with Gasteiger partial charge in [0.15, 0.2) is 11.6 Å². The Hall–Kier alpha value is -1.68. The Morgan fingerprint density at radius 2 is 1.78 bits per heavy atom. The number of hydrogen-bond donors (Lipinski definition) is 0. The number of benzene rings is 2. The predicted molar refractivity (Wildman–Crippen MR) is 93.9 cm³/mol. The maximum absolute atomic E-state index is 13.7. The van der Waals surface area contributed by atoms with Gasteiger partial charge in [-0.1, -0.05) is 67.6 Å². The third-order valence-corrected chi connectivity index (χ3v) is 4.12. The summed E-state index contributed by atoms with van der Waals surface area (Å²) in [5, 5.41) is 0. The molecule has 122 valence electrons. The summed E-state index contributed by atoms with van der Waals surface area (Å²) in [4.78, 5) is 0. The lowest BCUT2D eigenvalue weighted by Gasteiger charge is -2.25. The molecule has 2 aromatic rings. The van der Waals surface area contributed by atoms with Crippen molar-refractivity contribution in [1.82, 2.24) is 0 Å². The van der Waals surface area contributed by atoms with E-state index < -0.39 is 11.6 Å². The number of halogens is 3. The van der Waals surface area contributed by atoms with Crippen molar-refractivity contribution in [3.63, 3.8) is 0 Å². The van der Waals surface area contributed by atoms with Crippen molar-refractivity contribution in [3.8, 4) is 16.9 Å². The molecule has 0 atom stereocenters. The van der Waals surface area contributed by atoms with E-state index in [0.29, 0.717) is 28.0 Å². The van der Waals surface area contributed by atoms with Crippen molar-refractivity contribution in [2.75, 3.05) is 6.61 Å². The van der Waals surface area contributed by atoms with Gasteiger partial charge in [-0.25, -0.2) is 8.78 Å². The third kappa shape index (κ3) is 3.81. The van der Waals surface area contributed by atoms with Gasteiger partial charge >= 0.3 is 0 Å². The molecule has 0 aliphatic rings. The van der Waals surface area contributed by atoms with E-state index in [0.717, 1.165) is 11.6 Å². The molecule has 1 nitrogen and oxygen atoms in total. The van der Waals surface area contributed by atoms with Crippen molar-refractivity contribution in [3.05, 3.63) is 64.7 Å². The molecule has 0 amide bonds. The van der Waals surface area contributed by atoms with Gasteiger partial charge in [0.05, 0.1) is 0 Å². The monoisotopic (exact) mass is 380 g/mol. The molecule has 4 heteroatoms. The van der Waals surface area contributed by atoms with Crippen LogP contribution in [0.2, 0.25) is 0 Å². The highest BCUT2D eigenvalue weighted by Gasteiger charge is 2.23. The fourth-order valence-corrected chi connectivity index (χ4v) is 2.90. The van der Waals surface area contributed by atoms with Gasteiger partial charge < -0.3 is 4.74 Å². The summed E-state index contributed by atoms with van der Waals surface area (Å²) < 4.78 is 33.5. The molecule has 0 saturated carbocycles. The maximum Gasteiger partial charge on any atom is 0.159 e. The van der Waals surface area contributed by atoms with E-state index in [2.05, 4.69) is 43.3 Å². The zero-order valence-electron chi connectivity index (χ0n) is 13.4. The second kappa shape index (κ2) is 6.83. The Bertz CT molecular complexity index is 733. The molecule has 0 heterocycles. The lowest BCUT2D eigenvalue weighted by Crippen LogP contribution is -2.14. The van der Waals surface area contributed by atoms with Gasteiger partial charge in [-0.2, -0.15) is 0 Å². The van der Waals surface area contributed by atoms with Gasteiger partial charge in [0.1, 0.15) is 12.4 Å². The molecule has 2 aromatic carbocycles. The minimum atomic E-state index is -0.890. The summed E-state index contributed by atoms with van der Waals surface area (Å²) in [5.74, 6) is -1.12. The van der Waals surface area contributed by atoms with E-state index in [-0.39, 0.29) is 5.41 Å². The van der Waals surface area contributed by atoms with Crippen LogP contribution in [0.25, 0.3) is 11.1 Å². The van der Waals surface area contributed by atoms with Crippen LogP contribution in [-0.2, 0) is 5.41 Å². The molecule has 0 bridgehead atoms. The summed E-state index contributed by atoms with van der Waals surface area (Å²) in [6.07, 6.45) is 1.66. The lowest BCUT2D eigenvalue weighted by atomic mass is 9.84. The minimum Gasteiger partial charge on any atom is -0.489 e. The van der Waals surface area contributed by atoms with Gasteiger partial charge in [-0.15, -0.1) is 0 Å². The largest absolute Gasteiger partial charge is 0.489 e. The summed E-state index contributed by atoms with van der Waals surface area (Å²) >= 11 is 3.31. The van der Waals surface area contributed by atoms with E-state index >= 15 is 0 Å². The van der Waals surface area contributed by atoms with Crippen molar-refractivity contribution in [1.29, 1.82) is 0 Å². The average Bonchev–Trinajstić information content (AvgIpc) is 2.47. The quantitative estimate of drug-likeness (QED) is 0.449. The Balaban J connectivity index is 2.71. The third-order valence-electron chi connectivity index (χ3n) is 3.47. The smallest absolute Gasteiger partial charge is 0.159 e. The average molecular weight is 381 g/mol. The van der Waals surface area contributed by atoms with Gasteiger partial charge in [0.2, 0.25) is 0 Å². The highest BCUT2D eigenvalue weighted by atomic mass is 79.9. The van der Waals surface area contributed by atoms with Crippen LogP contribution in [0, 0.1) is 11.6 Å². The van der Waals surface area contributed by atoms with Crippen molar-refractivity contribution in [2.45, 2.75) is 26.2 Å². The van der Waals surface area contributed by atoms with Crippen LogP contribution >= 0.6 is 15.9 Å². The summed E-state index contributed by atoms with van der Waals surface area (Å²) in [6, 6.07) is 8.03. The molecule has 2 rings (SSSR count). The van der Waals surface area contributed by atoms with Crippen LogP contribution in [0.1, 0.15) is 26.3 Å². The SMILES string of the molecule is C=CCOc1c(-c2cc(F)c(F)cc2Br)cccc1C(C)(C)C. The highest BCUT2D eigenvalue weighted by Crippen LogP contribution is 2.42. The van der Waals surface area contributed by atoms with Crippen LogP contribution in [0.5, 0.6) is 5.75 Å². The van der Waals surface area contributed by atoms with Gasteiger partial charge in [-0.05, 0) is 17.5 Å². The Morgan fingerprint density at radius 3 is 2.39 bits per heavy atom. The van der Waals surface area contributed by atoms with Crippen LogP contribution in [0.4, 0.5) is 8.78 Å². The molecule has 0 saturated heterocycles. The van der Waals surface area contributed by atoms with E-state index in [1.165, 1.54) is 6.07 Å². The molecule has 0 N–H and O–H groups in total. The first kappa shape index (κ1) is 17.7. The molecule has 0 fully saturated rings. The topological polar surface area (TPSA) is 9.23 Å². The maximum atomic E-state index is 13.7. The number of ether oxygens (including phenoxy) is 1. The number of hydrogen-bond acceptors (Lipinski definition) is 1. The Morgan fingerprint density at radius 1 is 1.13 bits per heavy atom. The second-order valence-electron chi connectivity index (χ2n) is 6.28. The zero-order chi connectivity index (χ0) is 17.2. The van der Waals surface area contributed by atoms with Crippen molar-refractivity contribution >= 4 is 15.9 Å². The van der Waals surface area contributed by atoms with Crippen LogP contribution in [0.3, 0.4) is 0 Å². The summed E-state index contributed by atoms with van der Waals surface area (Å²) in [6.45, 7) is 10.2. The van der Waals surface area contributed by atoms with E-state index in [4.69, 9.17) is 4.74 Å². The Kier molecular flexibility index (Phi) is 5.25. The standard InChI is InChI=1S/C19H19BrF2O/c1-5-9-23-18-12(7-6-8-14(18)19(2,3)4)13-10-16(21)17(22)11-15(13)20/h5-8,10-11H,1,9H2,2-4H3. The molecular weight excluding hydrogens is 362 g/mol. The van der Waals surface area contributed by atoms with Gasteiger partial charge in [-0.3, -0.25) is 0 Å². The minimum absolute atomic E-state index is 0.155. The fraction of sp³-hybridized carbons (Fsp3) is 0.263. The van der Waals surface area contributed by atoms with Gasteiger partial charge in [0, 0.05) is 21.2 Å². The molecule has 0 radical (unpaired) electrons. The number of rotatable bonds is 4. The first-order chi connectivity index (χ1) is 10.8. The lowest BCUT2D eigenvalue weighted by molar-refractivity contribution is 0.352. The molecule has 0 aromatic heterocycles. The molecule has 0 spiro atoms. The molecule has 0 aliphatic heterocycles.